The zero-order valence-corrected chi connectivity index (χ0v) is 16.1. The van der Waals surface area contributed by atoms with Gasteiger partial charge in [0, 0.05) is 18.0 Å². The van der Waals surface area contributed by atoms with Crippen LogP contribution in [0.15, 0.2) is 46.3 Å². The van der Waals surface area contributed by atoms with Crippen molar-refractivity contribution in [3.63, 3.8) is 0 Å². The lowest BCUT2D eigenvalue weighted by molar-refractivity contribution is 0.0949. The predicted molar refractivity (Wildman–Crippen MR) is 107 cm³/mol. The predicted octanol–water partition coefficient (Wildman–Crippen LogP) is 3.01. The Kier molecular flexibility index (Phi) is 4.90. The fourth-order valence-corrected chi connectivity index (χ4v) is 3.46. The number of nitrogens with one attached hydrogen (secondary N) is 1. The first-order valence-electron chi connectivity index (χ1n) is 8.68. The summed E-state index contributed by atoms with van der Waals surface area (Å²) >= 11 is 0. The van der Waals surface area contributed by atoms with Crippen LogP contribution in [0.2, 0.25) is 0 Å². The Morgan fingerprint density at radius 1 is 1.07 bits per heavy atom. The molecule has 6 heteroatoms. The zero-order chi connectivity index (χ0) is 19.7. The Hall–Kier alpha value is -3.28. The number of hydrogen-bond acceptors (Lipinski definition) is 4. The lowest BCUT2D eigenvalue weighted by Crippen LogP contribution is -2.27. The number of rotatable bonds is 3. The number of hydrazone groups is 1. The third-order valence-electron chi connectivity index (χ3n) is 4.54. The average Bonchev–Trinajstić information content (AvgIpc) is 2.62. The van der Waals surface area contributed by atoms with E-state index >= 15 is 0 Å². The first kappa shape index (κ1) is 18.5. The highest BCUT2D eigenvalue weighted by atomic mass is 16.2. The second-order valence-electron chi connectivity index (χ2n) is 6.73. The Morgan fingerprint density at radius 3 is 2.30 bits per heavy atom. The monoisotopic (exact) mass is 362 g/mol. The highest BCUT2D eigenvalue weighted by Gasteiger charge is 2.15. The van der Waals surface area contributed by atoms with Gasteiger partial charge in [-0.1, -0.05) is 35.9 Å². The standard InChI is InChI=1S/C21H22N4O2/c1-12-10-13(2)18(14(3)11-12)15(4)22-23-20(26)19-16-8-6-7-9-17(16)21(27)25(5)24-19/h6-11H,1-5H3,(H,23,26)/b22-15-. The van der Waals surface area contributed by atoms with Crippen LogP contribution in [0.25, 0.3) is 10.8 Å². The third kappa shape index (κ3) is 3.51. The summed E-state index contributed by atoms with van der Waals surface area (Å²) in [7, 11) is 1.53. The molecule has 0 atom stereocenters. The molecule has 1 N–H and O–H groups in total. The van der Waals surface area contributed by atoms with Crippen molar-refractivity contribution in [3.8, 4) is 0 Å². The molecule has 0 unspecified atom stereocenters. The molecule has 3 aromatic rings. The Labute approximate surface area is 157 Å². The second kappa shape index (κ2) is 7.15. The molecule has 1 heterocycles. The summed E-state index contributed by atoms with van der Waals surface area (Å²) in [6, 6.07) is 11.1. The van der Waals surface area contributed by atoms with Gasteiger partial charge in [-0.2, -0.15) is 10.2 Å². The first-order chi connectivity index (χ1) is 12.8. The topological polar surface area (TPSA) is 76.3 Å². The molecule has 0 radical (unpaired) electrons. The summed E-state index contributed by atoms with van der Waals surface area (Å²) in [5.74, 6) is -0.455. The minimum Gasteiger partial charge on any atom is -0.267 e. The zero-order valence-electron chi connectivity index (χ0n) is 16.1. The van der Waals surface area contributed by atoms with Gasteiger partial charge in [0.1, 0.15) is 0 Å². The van der Waals surface area contributed by atoms with Crippen molar-refractivity contribution in [1.82, 2.24) is 15.2 Å². The summed E-state index contributed by atoms with van der Waals surface area (Å²) in [5.41, 5.74) is 7.63. The average molecular weight is 362 g/mol. The van der Waals surface area contributed by atoms with Crippen molar-refractivity contribution in [3.05, 3.63) is 74.7 Å². The molecule has 1 amide bonds. The molecule has 6 nitrogen and oxygen atoms in total. The molecule has 1 aromatic heterocycles. The summed E-state index contributed by atoms with van der Waals surface area (Å²) in [4.78, 5) is 24.9. The van der Waals surface area contributed by atoms with Crippen LogP contribution in [0, 0.1) is 20.8 Å². The number of hydrogen-bond donors (Lipinski definition) is 1. The smallest absolute Gasteiger partial charge is 0.267 e. The number of aryl methyl sites for hydroxylation is 4. The van der Waals surface area contributed by atoms with E-state index in [9.17, 15) is 9.59 Å². The molecule has 3 rings (SSSR count). The minimum atomic E-state index is -0.455. The van der Waals surface area contributed by atoms with E-state index in [1.165, 1.54) is 17.3 Å². The third-order valence-corrected chi connectivity index (χ3v) is 4.54. The largest absolute Gasteiger partial charge is 0.292 e. The Morgan fingerprint density at radius 2 is 1.67 bits per heavy atom. The van der Waals surface area contributed by atoms with Crippen LogP contribution in [0.1, 0.15) is 39.7 Å². The second-order valence-corrected chi connectivity index (χ2v) is 6.73. The molecule has 0 aliphatic carbocycles. The molecular weight excluding hydrogens is 340 g/mol. The first-order valence-corrected chi connectivity index (χ1v) is 8.68. The summed E-state index contributed by atoms with van der Waals surface area (Å²) < 4.78 is 1.17. The Bertz CT molecular complexity index is 1120. The lowest BCUT2D eigenvalue weighted by Gasteiger charge is -2.11. The van der Waals surface area contributed by atoms with Gasteiger partial charge >= 0.3 is 0 Å². The molecule has 0 saturated carbocycles. The van der Waals surface area contributed by atoms with Crippen LogP contribution in [-0.2, 0) is 7.05 Å². The van der Waals surface area contributed by atoms with Gasteiger partial charge in [-0.25, -0.2) is 10.1 Å². The maximum atomic E-state index is 12.7. The molecule has 0 aliphatic heterocycles. The fraction of sp³-hybridized carbons (Fsp3) is 0.238. The number of aromatic nitrogens is 2. The molecular formula is C21H22N4O2. The van der Waals surface area contributed by atoms with Crippen LogP contribution in [0.3, 0.4) is 0 Å². The van der Waals surface area contributed by atoms with E-state index in [1.807, 2.05) is 20.8 Å². The summed E-state index contributed by atoms with van der Waals surface area (Å²) in [5, 5.41) is 9.35. The quantitative estimate of drug-likeness (QED) is 0.575. The molecule has 0 fully saturated rings. The van der Waals surface area contributed by atoms with Gasteiger partial charge in [-0.3, -0.25) is 9.59 Å². The molecule has 27 heavy (non-hydrogen) atoms. The van der Waals surface area contributed by atoms with Gasteiger partial charge in [-0.05, 0) is 44.9 Å². The van der Waals surface area contributed by atoms with Gasteiger partial charge in [0.15, 0.2) is 5.69 Å². The van der Waals surface area contributed by atoms with Crippen molar-refractivity contribution < 1.29 is 4.79 Å². The van der Waals surface area contributed by atoms with Crippen LogP contribution < -0.4 is 11.0 Å². The van der Waals surface area contributed by atoms with Gasteiger partial charge in [0.25, 0.3) is 11.5 Å². The normalized spacial score (nSPS) is 11.7. The summed E-state index contributed by atoms with van der Waals surface area (Å²) in [6.07, 6.45) is 0. The van der Waals surface area contributed by atoms with E-state index in [0.29, 0.717) is 16.5 Å². The lowest BCUT2D eigenvalue weighted by atomic mass is 9.97. The van der Waals surface area contributed by atoms with Crippen LogP contribution in [0.4, 0.5) is 0 Å². The number of carbonyl (C=O) groups is 1. The van der Waals surface area contributed by atoms with E-state index in [-0.39, 0.29) is 11.3 Å². The number of benzene rings is 2. The van der Waals surface area contributed by atoms with Crippen LogP contribution in [-0.4, -0.2) is 21.4 Å². The van der Waals surface area contributed by atoms with E-state index in [4.69, 9.17) is 0 Å². The van der Waals surface area contributed by atoms with Crippen molar-refractivity contribution in [2.24, 2.45) is 12.1 Å². The fourth-order valence-electron chi connectivity index (χ4n) is 3.46. The molecule has 0 bridgehead atoms. The van der Waals surface area contributed by atoms with E-state index in [0.717, 1.165) is 16.7 Å². The molecule has 138 valence electrons. The van der Waals surface area contributed by atoms with Gasteiger partial charge in [-0.15, -0.1) is 0 Å². The maximum Gasteiger partial charge on any atom is 0.292 e. The highest BCUT2D eigenvalue weighted by Crippen LogP contribution is 2.17. The maximum absolute atomic E-state index is 12.7. The number of nitrogens with zero attached hydrogens (tertiary/aromatic N) is 3. The number of amides is 1. The Balaban J connectivity index is 1.98. The molecule has 2 aromatic carbocycles. The van der Waals surface area contributed by atoms with Gasteiger partial charge < -0.3 is 0 Å². The van der Waals surface area contributed by atoms with E-state index in [2.05, 4.69) is 34.7 Å². The van der Waals surface area contributed by atoms with E-state index < -0.39 is 5.91 Å². The van der Waals surface area contributed by atoms with E-state index in [1.54, 1.807) is 24.3 Å². The van der Waals surface area contributed by atoms with Crippen LogP contribution in [0.5, 0.6) is 0 Å². The van der Waals surface area contributed by atoms with Gasteiger partial charge in [0.05, 0.1) is 11.1 Å². The van der Waals surface area contributed by atoms with Crippen molar-refractivity contribution in [1.29, 1.82) is 0 Å². The van der Waals surface area contributed by atoms with Crippen molar-refractivity contribution in [2.45, 2.75) is 27.7 Å². The minimum absolute atomic E-state index is 0.168. The van der Waals surface area contributed by atoms with Crippen molar-refractivity contribution in [2.75, 3.05) is 0 Å². The highest BCUT2D eigenvalue weighted by molar-refractivity contribution is 6.06. The SMILES string of the molecule is C/C(=N/NC(=O)c1nn(C)c(=O)c2ccccc12)c1c(C)cc(C)cc1C. The molecule has 0 spiro atoms. The molecule has 0 saturated heterocycles. The summed E-state index contributed by atoms with van der Waals surface area (Å²) in [6.45, 7) is 7.96. The number of carbonyl (C=O) groups excluding carboxylic acids is 1. The van der Waals surface area contributed by atoms with Crippen molar-refractivity contribution >= 4 is 22.4 Å². The van der Waals surface area contributed by atoms with Crippen LogP contribution >= 0.6 is 0 Å². The van der Waals surface area contributed by atoms with Gasteiger partial charge in [0.2, 0.25) is 0 Å². The molecule has 0 aliphatic rings. The number of fused-ring (bicyclic) bond motifs is 1.